The van der Waals surface area contributed by atoms with Crippen molar-refractivity contribution in [3.63, 3.8) is 0 Å². The fourth-order valence-electron chi connectivity index (χ4n) is 2.10. The first-order valence-electron chi connectivity index (χ1n) is 9.02. The van der Waals surface area contributed by atoms with Crippen LogP contribution in [-0.2, 0) is 0 Å². The van der Waals surface area contributed by atoms with E-state index in [1.165, 1.54) is 11.4 Å². The van der Waals surface area contributed by atoms with Crippen molar-refractivity contribution < 1.29 is 0 Å². The van der Waals surface area contributed by atoms with Crippen LogP contribution in [0, 0.1) is 0 Å². The highest BCUT2D eigenvalue weighted by Gasteiger charge is 2.05. The Balaban J connectivity index is 0.000000240. The fourth-order valence-corrected chi connectivity index (χ4v) is 2.10. The Morgan fingerprint density at radius 3 is 1.46 bits per heavy atom. The maximum absolute atomic E-state index is 4.57. The van der Waals surface area contributed by atoms with Crippen LogP contribution in [-0.4, -0.2) is 15.0 Å². The molecule has 2 aromatic heterocycles. The quantitative estimate of drug-likeness (QED) is 0.686. The number of nitrogens with zero attached hydrogens (tertiary/aromatic N) is 3. The van der Waals surface area contributed by atoms with Crippen molar-refractivity contribution in [2.45, 2.75) is 79.1 Å². The average molecular weight is 328 g/mol. The van der Waals surface area contributed by atoms with Gasteiger partial charge in [0.25, 0.3) is 0 Å². The van der Waals surface area contributed by atoms with Crippen LogP contribution in [0.5, 0.6) is 0 Å². The molecule has 24 heavy (non-hydrogen) atoms. The van der Waals surface area contributed by atoms with Crippen molar-refractivity contribution in [3.8, 4) is 0 Å². The van der Waals surface area contributed by atoms with Crippen molar-refractivity contribution in [2.75, 3.05) is 0 Å². The Bertz CT molecular complexity index is 514. The summed E-state index contributed by atoms with van der Waals surface area (Å²) in [5.74, 6) is 2.92. The molecule has 3 heteroatoms. The van der Waals surface area contributed by atoms with Crippen LogP contribution in [0.15, 0.2) is 30.5 Å². The molecule has 0 aromatic carbocycles. The highest BCUT2D eigenvalue weighted by atomic mass is 14.9. The molecule has 0 aliphatic heterocycles. The van der Waals surface area contributed by atoms with Gasteiger partial charge in [-0.05, 0) is 36.0 Å². The van der Waals surface area contributed by atoms with E-state index in [0.29, 0.717) is 23.7 Å². The lowest BCUT2D eigenvalue weighted by Gasteiger charge is -2.08. The van der Waals surface area contributed by atoms with E-state index in [1.807, 2.05) is 12.3 Å². The highest BCUT2D eigenvalue weighted by Crippen LogP contribution is 2.16. The van der Waals surface area contributed by atoms with Crippen LogP contribution in [0.1, 0.15) is 102 Å². The normalized spacial score (nSPS) is 11.2. The summed E-state index contributed by atoms with van der Waals surface area (Å²) in [6, 6.07) is 8.27. The topological polar surface area (TPSA) is 38.7 Å². The molecule has 0 amide bonds. The van der Waals surface area contributed by atoms with Gasteiger partial charge in [-0.2, -0.15) is 0 Å². The SMILES string of the molecule is CC(C)c1cccc(C(C)C)n1.CC(C)c1ccnc(C(C)C)n1. The summed E-state index contributed by atoms with van der Waals surface area (Å²) in [5, 5.41) is 0. The molecule has 0 atom stereocenters. The van der Waals surface area contributed by atoms with E-state index in [-0.39, 0.29) is 0 Å². The van der Waals surface area contributed by atoms with Crippen LogP contribution in [0.2, 0.25) is 0 Å². The summed E-state index contributed by atoms with van der Waals surface area (Å²) in [7, 11) is 0. The third kappa shape index (κ3) is 6.38. The zero-order chi connectivity index (χ0) is 18.3. The van der Waals surface area contributed by atoms with E-state index in [0.717, 1.165) is 11.5 Å². The number of aromatic nitrogens is 3. The molecular weight excluding hydrogens is 294 g/mol. The number of pyridine rings is 1. The van der Waals surface area contributed by atoms with Crippen LogP contribution in [0.4, 0.5) is 0 Å². The van der Waals surface area contributed by atoms with Gasteiger partial charge in [-0.1, -0.05) is 61.5 Å². The molecule has 2 aromatic rings. The first-order valence-corrected chi connectivity index (χ1v) is 9.02. The van der Waals surface area contributed by atoms with Gasteiger partial charge in [0, 0.05) is 29.2 Å². The third-order valence-electron chi connectivity index (χ3n) is 3.78. The van der Waals surface area contributed by atoms with E-state index in [2.05, 4.69) is 88.5 Å². The predicted molar refractivity (Wildman–Crippen MR) is 103 cm³/mol. The van der Waals surface area contributed by atoms with Crippen molar-refractivity contribution in [3.05, 3.63) is 53.4 Å². The lowest BCUT2D eigenvalue weighted by molar-refractivity contribution is 0.729. The first-order chi connectivity index (χ1) is 11.2. The minimum absolute atomic E-state index is 0.420. The van der Waals surface area contributed by atoms with Crippen molar-refractivity contribution in [1.82, 2.24) is 15.0 Å². The Morgan fingerprint density at radius 1 is 0.583 bits per heavy atom. The molecule has 132 valence electrons. The van der Waals surface area contributed by atoms with Crippen LogP contribution in [0.25, 0.3) is 0 Å². The Morgan fingerprint density at radius 2 is 1.04 bits per heavy atom. The second-order valence-corrected chi connectivity index (χ2v) is 7.45. The Kier molecular flexibility index (Phi) is 8.03. The van der Waals surface area contributed by atoms with Crippen molar-refractivity contribution in [1.29, 1.82) is 0 Å². The van der Waals surface area contributed by atoms with Gasteiger partial charge in [0.05, 0.1) is 0 Å². The molecule has 0 aliphatic rings. The van der Waals surface area contributed by atoms with Crippen LogP contribution in [0.3, 0.4) is 0 Å². The van der Waals surface area contributed by atoms with Gasteiger partial charge in [0.2, 0.25) is 0 Å². The minimum atomic E-state index is 0.420. The Hall–Kier alpha value is -1.77. The molecule has 0 fully saturated rings. The van der Waals surface area contributed by atoms with E-state index in [4.69, 9.17) is 0 Å². The van der Waals surface area contributed by atoms with Gasteiger partial charge in [-0.15, -0.1) is 0 Å². The second kappa shape index (κ2) is 9.51. The summed E-state index contributed by atoms with van der Waals surface area (Å²) in [6.07, 6.45) is 1.84. The van der Waals surface area contributed by atoms with Crippen molar-refractivity contribution in [2.24, 2.45) is 0 Å². The summed E-state index contributed by atoms with van der Waals surface area (Å²) in [6.45, 7) is 17.2. The minimum Gasteiger partial charge on any atom is -0.257 e. The average Bonchev–Trinajstić information content (AvgIpc) is 2.55. The molecule has 0 radical (unpaired) electrons. The fraction of sp³-hybridized carbons (Fsp3) is 0.571. The molecular formula is C21H33N3. The summed E-state index contributed by atoms with van der Waals surface area (Å²) in [4.78, 5) is 13.2. The monoisotopic (exact) mass is 327 g/mol. The standard InChI is InChI=1S/C11H17N.C10H16N2/c1-8(2)10-6-5-7-11(12-10)9(3)4;1-7(2)9-5-6-11-10(12-9)8(3)4/h5-9H,1-4H3;5-8H,1-4H3. The van der Waals surface area contributed by atoms with E-state index in [1.54, 1.807) is 0 Å². The molecule has 0 bridgehead atoms. The Labute approximate surface area is 148 Å². The number of hydrogen-bond acceptors (Lipinski definition) is 3. The van der Waals surface area contributed by atoms with Gasteiger partial charge in [0.15, 0.2) is 0 Å². The van der Waals surface area contributed by atoms with Gasteiger partial charge in [0.1, 0.15) is 5.82 Å². The summed E-state index contributed by atoms with van der Waals surface area (Å²) >= 11 is 0. The van der Waals surface area contributed by atoms with Crippen LogP contribution < -0.4 is 0 Å². The smallest absolute Gasteiger partial charge is 0.131 e. The largest absolute Gasteiger partial charge is 0.257 e. The maximum Gasteiger partial charge on any atom is 0.131 e. The predicted octanol–water partition coefficient (Wildman–Crippen LogP) is 6.05. The molecule has 2 rings (SSSR count). The molecule has 0 aliphatic carbocycles. The zero-order valence-corrected chi connectivity index (χ0v) is 16.5. The molecule has 0 N–H and O–H groups in total. The molecule has 3 nitrogen and oxygen atoms in total. The maximum atomic E-state index is 4.57. The van der Waals surface area contributed by atoms with Gasteiger partial charge < -0.3 is 0 Å². The third-order valence-corrected chi connectivity index (χ3v) is 3.78. The molecule has 0 unspecified atom stereocenters. The number of hydrogen-bond donors (Lipinski definition) is 0. The van der Waals surface area contributed by atoms with E-state index < -0.39 is 0 Å². The molecule has 2 heterocycles. The lowest BCUT2D eigenvalue weighted by Crippen LogP contribution is -2.01. The molecule has 0 saturated carbocycles. The van der Waals surface area contributed by atoms with E-state index in [9.17, 15) is 0 Å². The summed E-state index contributed by atoms with van der Waals surface area (Å²) < 4.78 is 0. The van der Waals surface area contributed by atoms with Gasteiger partial charge in [-0.25, -0.2) is 9.97 Å². The van der Waals surface area contributed by atoms with Gasteiger partial charge in [-0.3, -0.25) is 4.98 Å². The van der Waals surface area contributed by atoms with Gasteiger partial charge >= 0.3 is 0 Å². The highest BCUT2D eigenvalue weighted by molar-refractivity contribution is 5.15. The number of rotatable bonds is 4. The van der Waals surface area contributed by atoms with Crippen molar-refractivity contribution >= 4 is 0 Å². The first kappa shape index (κ1) is 20.3. The second-order valence-electron chi connectivity index (χ2n) is 7.45. The zero-order valence-electron chi connectivity index (χ0n) is 16.5. The molecule has 0 spiro atoms. The molecule has 0 saturated heterocycles. The summed E-state index contributed by atoms with van der Waals surface area (Å²) in [5.41, 5.74) is 3.52. The van der Waals surface area contributed by atoms with E-state index >= 15 is 0 Å². The lowest BCUT2D eigenvalue weighted by atomic mass is 10.1. The van der Waals surface area contributed by atoms with Crippen LogP contribution >= 0.6 is 0 Å².